The van der Waals surface area contributed by atoms with Crippen molar-refractivity contribution in [2.45, 2.75) is 11.8 Å². The van der Waals surface area contributed by atoms with Crippen molar-refractivity contribution in [3.63, 3.8) is 0 Å². The lowest BCUT2D eigenvalue weighted by atomic mass is 10.2. The molecule has 2 heterocycles. The number of benzene rings is 3. The van der Waals surface area contributed by atoms with E-state index in [1.165, 1.54) is 23.5 Å². The summed E-state index contributed by atoms with van der Waals surface area (Å²) in [5.74, 6) is 0.603. The molecule has 0 atom stereocenters. The Labute approximate surface area is 239 Å². The molecule has 40 heavy (non-hydrogen) atoms. The van der Waals surface area contributed by atoms with Gasteiger partial charge in [0.25, 0.3) is 15.9 Å². The first-order valence-electron chi connectivity index (χ1n) is 13.3. The molecule has 3 aromatic carbocycles. The zero-order valence-corrected chi connectivity index (χ0v) is 24.2. The average Bonchev–Trinajstić information content (AvgIpc) is 3.43. The summed E-state index contributed by atoms with van der Waals surface area (Å²) in [4.78, 5) is 22.3. The third kappa shape index (κ3) is 6.06. The largest absolute Gasteiger partial charge is 0.492 e. The molecule has 0 saturated carbocycles. The first kappa shape index (κ1) is 27.9. The molecule has 1 fully saturated rings. The summed E-state index contributed by atoms with van der Waals surface area (Å²) >= 11 is 1.69. The maximum Gasteiger partial charge on any atom is 0.264 e. The van der Waals surface area contributed by atoms with Gasteiger partial charge in [0.1, 0.15) is 11.3 Å². The monoisotopic (exact) mass is 579 g/mol. The van der Waals surface area contributed by atoms with Crippen LogP contribution in [0.1, 0.15) is 17.3 Å². The van der Waals surface area contributed by atoms with Crippen LogP contribution in [0.25, 0.3) is 10.2 Å². The number of aromatic nitrogens is 1. The molecule has 1 N–H and O–H groups in total. The van der Waals surface area contributed by atoms with E-state index >= 15 is 0 Å². The van der Waals surface area contributed by atoms with Crippen LogP contribution in [0.3, 0.4) is 0 Å². The number of para-hydroxylation sites is 2. The number of amides is 1. The van der Waals surface area contributed by atoms with E-state index in [9.17, 15) is 13.2 Å². The van der Waals surface area contributed by atoms with Gasteiger partial charge in [-0.15, -0.1) is 0 Å². The maximum absolute atomic E-state index is 13.0. The smallest absolute Gasteiger partial charge is 0.264 e. The van der Waals surface area contributed by atoms with Crippen LogP contribution in [-0.2, 0) is 10.0 Å². The predicted octanol–water partition coefficient (Wildman–Crippen LogP) is 4.07. The highest BCUT2D eigenvalue weighted by Crippen LogP contribution is 2.34. The fraction of sp³-hybridized carbons (Fsp3) is 0.310. The van der Waals surface area contributed by atoms with Crippen LogP contribution < -0.4 is 19.3 Å². The van der Waals surface area contributed by atoms with Gasteiger partial charge in [0.15, 0.2) is 5.13 Å². The van der Waals surface area contributed by atoms with Gasteiger partial charge < -0.3 is 15.0 Å². The molecule has 210 valence electrons. The molecular formula is C29H33N5O4S2. The zero-order valence-electron chi connectivity index (χ0n) is 22.6. The van der Waals surface area contributed by atoms with E-state index in [2.05, 4.69) is 21.2 Å². The van der Waals surface area contributed by atoms with Crippen molar-refractivity contribution in [1.29, 1.82) is 0 Å². The number of nitrogens with one attached hydrogen (secondary N) is 1. The van der Waals surface area contributed by atoms with Crippen molar-refractivity contribution in [2.24, 2.45) is 0 Å². The summed E-state index contributed by atoms with van der Waals surface area (Å²) in [6, 6.07) is 21.0. The van der Waals surface area contributed by atoms with Crippen molar-refractivity contribution in [3.05, 3.63) is 78.4 Å². The lowest BCUT2D eigenvalue weighted by molar-refractivity contribution is 0.0947. The molecule has 4 aromatic rings. The van der Waals surface area contributed by atoms with E-state index in [-0.39, 0.29) is 10.8 Å². The van der Waals surface area contributed by atoms with Crippen LogP contribution >= 0.6 is 11.3 Å². The minimum atomic E-state index is -3.72. The highest BCUT2D eigenvalue weighted by Gasteiger charge is 2.23. The van der Waals surface area contributed by atoms with Gasteiger partial charge in [-0.2, -0.15) is 0 Å². The number of sulfonamides is 1. The number of fused-ring (bicyclic) bond motifs is 1. The summed E-state index contributed by atoms with van der Waals surface area (Å²) in [7, 11) is -2.21. The molecule has 0 aliphatic carbocycles. The number of piperazine rings is 1. The van der Waals surface area contributed by atoms with Crippen LogP contribution in [-0.4, -0.2) is 77.1 Å². The van der Waals surface area contributed by atoms with Crippen molar-refractivity contribution in [2.75, 3.05) is 62.1 Å². The quantitative estimate of drug-likeness (QED) is 0.303. The Morgan fingerprint density at radius 2 is 1.73 bits per heavy atom. The number of hydrogen-bond donors (Lipinski definition) is 1. The van der Waals surface area contributed by atoms with E-state index in [0.29, 0.717) is 24.4 Å². The van der Waals surface area contributed by atoms with E-state index in [1.54, 1.807) is 47.7 Å². The van der Waals surface area contributed by atoms with Crippen LogP contribution in [0, 0.1) is 0 Å². The highest BCUT2D eigenvalue weighted by molar-refractivity contribution is 7.92. The first-order valence-corrected chi connectivity index (χ1v) is 15.5. The average molecular weight is 580 g/mol. The van der Waals surface area contributed by atoms with E-state index in [1.807, 2.05) is 25.1 Å². The maximum atomic E-state index is 13.0. The Bertz CT molecular complexity index is 1550. The molecule has 1 aromatic heterocycles. The lowest BCUT2D eigenvalue weighted by Gasteiger charge is -2.34. The van der Waals surface area contributed by atoms with Crippen LogP contribution in [0.4, 0.5) is 10.8 Å². The van der Waals surface area contributed by atoms with E-state index < -0.39 is 10.0 Å². The van der Waals surface area contributed by atoms with Gasteiger partial charge in [0.2, 0.25) is 0 Å². The fourth-order valence-electron chi connectivity index (χ4n) is 4.62. The van der Waals surface area contributed by atoms with E-state index in [0.717, 1.165) is 53.8 Å². The number of anilines is 2. The number of ether oxygens (including phenoxy) is 1. The molecule has 1 amide bonds. The van der Waals surface area contributed by atoms with Crippen molar-refractivity contribution < 1.29 is 17.9 Å². The summed E-state index contributed by atoms with van der Waals surface area (Å²) in [5, 5.41) is 3.96. The van der Waals surface area contributed by atoms with Crippen LogP contribution in [0.2, 0.25) is 0 Å². The lowest BCUT2D eigenvalue weighted by Crippen LogP contribution is -2.48. The SMILES string of the molecule is CCOc1cccc2sc(N3CCN(CCNC(=O)c4ccc(S(=O)(=O)N(C)c5ccccc5)cc4)CC3)nc12. The molecule has 1 saturated heterocycles. The Balaban J connectivity index is 1.10. The number of nitrogens with zero attached hydrogens (tertiary/aromatic N) is 4. The third-order valence-corrected chi connectivity index (χ3v) is 9.80. The molecule has 1 aliphatic rings. The van der Waals surface area contributed by atoms with Crippen molar-refractivity contribution in [3.8, 4) is 5.75 Å². The Morgan fingerprint density at radius 1 is 1.00 bits per heavy atom. The molecule has 0 unspecified atom stereocenters. The predicted molar refractivity (Wildman–Crippen MR) is 160 cm³/mol. The Morgan fingerprint density at radius 3 is 2.42 bits per heavy atom. The third-order valence-electron chi connectivity index (χ3n) is 6.92. The molecule has 9 nitrogen and oxygen atoms in total. The molecular weight excluding hydrogens is 546 g/mol. The minimum Gasteiger partial charge on any atom is -0.492 e. The Kier molecular flexibility index (Phi) is 8.53. The van der Waals surface area contributed by atoms with E-state index in [4.69, 9.17) is 9.72 Å². The number of hydrogen-bond acceptors (Lipinski definition) is 8. The number of thiazole rings is 1. The number of rotatable bonds is 10. The second-order valence-corrected chi connectivity index (χ2v) is 12.4. The molecule has 5 rings (SSSR count). The van der Waals surface area contributed by atoms with Gasteiger partial charge in [0, 0.05) is 51.9 Å². The first-order chi connectivity index (χ1) is 19.4. The van der Waals surface area contributed by atoms with Crippen LogP contribution in [0.15, 0.2) is 77.7 Å². The van der Waals surface area contributed by atoms with Gasteiger partial charge in [-0.1, -0.05) is 35.6 Å². The van der Waals surface area contributed by atoms with Crippen molar-refractivity contribution in [1.82, 2.24) is 15.2 Å². The molecule has 11 heteroatoms. The molecule has 0 spiro atoms. The fourth-order valence-corrected chi connectivity index (χ4v) is 6.85. The zero-order chi connectivity index (χ0) is 28.1. The molecule has 1 aliphatic heterocycles. The summed E-state index contributed by atoms with van der Waals surface area (Å²) in [6.45, 7) is 7.33. The summed E-state index contributed by atoms with van der Waals surface area (Å²) in [5.41, 5.74) is 1.91. The van der Waals surface area contributed by atoms with Gasteiger partial charge in [-0.25, -0.2) is 13.4 Å². The topological polar surface area (TPSA) is 95.1 Å². The molecule has 0 bridgehead atoms. The second kappa shape index (κ2) is 12.2. The van der Waals surface area contributed by atoms with Crippen molar-refractivity contribution >= 4 is 48.3 Å². The normalized spacial score (nSPS) is 14.3. The van der Waals surface area contributed by atoms with Gasteiger partial charge in [-0.3, -0.25) is 14.0 Å². The summed E-state index contributed by atoms with van der Waals surface area (Å²) < 4.78 is 34.0. The summed E-state index contributed by atoms with van der Waals surface area (Å²) in [6.07, 6.45) is 0. The Hall–Kier alpha value is -3.67. The van der Waals surface area contributed by atoms with Crippen LogP contribution in [0.5, 0.6) is 5.75 Å². The standard InChI is InChI=1S/C29H33N5O4S2/c1-3-38-25-10-7-11-26-27(25)31-29(39-26)34-20-18-33(19-21-34)17-16-30-28(35)22-12-14-24(15-13-22)40(36,37)32(2)23-8-5-4-6-9-23/h4-15H,3,16-21H2,1-2H3,(H,30,35). The molecule has 0 radical (unpaired) electrons. The number of carbonyl (C=O) groups excluding carboxylic acids is 1. The second-order valence-electron chi connectivity index (χ2n) is 9.45. The number of carbonyl (C=O) groups is 1. The minimum absolute atomic E-state index is 0.135. The van der Waals surface area contributed by atoms with Gasteiger partial charge >= 0.3 is 0 Å². The highest BCUT2D eigenvalue weighted by atomic mass is 32.2. The van der Waals surface area contributed by atoms with Gasteiger partial charge in [-0.05, 0) is 55.5 Å². The van der Waals surface area contributed by atoms with Gasteiger partial charge in [0.05, 0.1) is 21.9 Å².